The molecule has 1 aliphatic carbocycles. The number of hydrogen-bond acceptors (Lipinski definition) is 1. The van der Waals surface area contributed by atoms with Crippen LogP contribution in [0.25, 0.3) is 0 Å². The zero-order valence-electron chi connectivity index (χ0n) is 8.43. The summed E-state index contributed by atoms with van der Waals surface area (Å²) >= 11 is 0. The highest BCUT2D eigenvalue weighted by Gasteiger charge is 2.31. The van der Waals surface area contributed by atoms with Gasteiger partial charge in [-0.3, -0.25) is 0 Å². The summed E-state index contributed by atoms with van der Waals surface area (Å²) in [6.07, 6.45) is 3.34. The van der Waals surface area contributed by atoms with Crippen molar-refractivity contribution in [2.24, 2.45) is 11.8 Å². The lowest BCUT2D eigenvalue weighted by atomic mass is 9.73. The van der Waals surface area contributed by atoms with Crippen LogP contribution in [0.3, 0.4) is 0 Å². The second-order valence-electron chi connectivity index (χ2n) is 4.69. The van der Waals surface area contributed by atoms with Gasteiger partial charge in [0.2, 0.25) is 0 Å². The van der Waals surface area contributed by atoms with Crippen molar-refractivity contribution in [3.05, 3.63) is 12.2 Å². The minimum Gasteiger partial charge on any atom is -0.390 e. The van der Waals surface area contributed by atoms with Crippen LogP contribution >= 0.6 is 0 Å². The van der Waals surface area contributed by atoms with E-state index in [9.17, 15) is 5.11 Å². The fraction of sp³-hybridized carbons (Fsp3) is 0.818. The molecule has 1 aliphatic rings. The summed E-state index contributed by atoms with van der Waals surface area (Å²) in [5.74, 6) is 1.07. The molecule has 1 heteroatoms. The fourth-order valence-corrected chi connectivity index (χ4v) is 1.88. The van der Waals surface area contributed by atoms with Crippen LogP contribution in [0, 0.1) is 11.8 Å². The van der Waals surface area contributed by atoms with Gasteiger partial charge in [0.25, 0.3) is 0 Å². The Labute approximate surface area is 75.5 Å². The molecule has 1 rings (SSSR count). The molecule has 2 unspecified atom stereocenters. The van der Waals surface area contributed by atoms with Crippen molar-refractivity contribution in [2.45, 2.75) is 45.6 Å². The highest BCUT2D eigenvalue weighted by molar-refractivity contribution is 5.06. The molecule has 0 bridgehead atoms. The van der Waals surface area contributed by atoms with Crippen molar-refractivity contribution in [3.63, 3.8) is 0 Å². The molecular formula is C11H20O. The standard InChI is InChI=1S/C11H20O/c1-8-5-6-10(7-9(8)2)11(3,4)12/h8,10,12H,2,5-7H2,1,3-4H3. The molecule has 0 aliphatic heterocycles. The molecule has 1 nitrogen and oxygen atoms in total. The molecule has 1 saturated carbocycles. The SMILES string of the molecule is C=C1CC(C(C)(C)O)CCC1C. The Kier molecular flexibility index (Phi) is 2.62. The Balaban J connectivity index is 2.57. The smallest absolute Gasteiger partial charge is 0.0622 e. The molecule has 70 valence electrons. The van der Waals surface area contributed by atoms with E-state index in [4.69, 9.17) is 0 Å². The third-order valence-corrected chi connectivity index (χ3v) is 3.15. The Morgan fingerprint density at radius 3 is 2.42 bits per heavy atom. The molecule has 1 N–H and O–H groups in total. The number of aliphatic hydroxyl groups is 1. The van der Waals surface area contributed by atoms with Gasteiger partial charge in [0, 0.05) is 0 Å². The lowest BCUT2D eigenvalue weighted by molar-refractivity contribution is 0.00483. The van der Waals surface area contributed by atoms with Crippen LogP contribution in [0.15, 0.2) is 12.2 Å². The van der Waals surface area contributed by atoms with Crippen molar-refractivity contribution >= 4 is 0 Å². The van der Waals surface area contributed by atoms with Crippen molar-refractivity contribution in [1.82, 2.24) is 0 Å². The highest BCUT2D eigenvalue weighted by atomic mass is 16.3. The molecule has 0 aromatic heterocycles. The second-order valence-corrected chi connectivity index (χ2v) is 4.69. The number of allylic oxidation sites excluding steroid dienone is 1. The molecule has 0 saturated heterocycles. The van der Waals surface area contributed by atoms with Crippen molar-refractivity contribution in [1.29, 1.82) is 0 Å². The van der Waals surface area contributed by atoms with Gasteiger partial charge in [0.05, 0.1) is 5.60 Å². The maximum Gasteiger partial charge on any atom is 0.0622 e. The van der Waals surface area contributed by atoms with E-state index in [2.05, 4.69) is 13.5 Å². The summed E-state index contributed by atoms with van der Waals surface area (Å²) in [4.78, 5) is 0. The maximum absolute atomic E-state index is 9.81. The van der Waals surface area contributed by atoms with Gasteiger partial charge in [-0.2, -0.15) is 0 Å². The average molecular weight is 168 g/mol. The molecule has 1 fully saturated rings. The minimum absolute atomic E-state index is 0.418. The van der Waals surface area contributed by atoms with Gasteiger partial charge in [0.15, 0.2) is 0 Å². The molecule has 0 spiro atoms. The first-order valence-electron chi connectivity index (χ1n) is 4.81. The van der Waals surface area contributed by atoms with Gasteiger partial charge >= 0.3 is 0 Å². The van der Waals surface area contributed by atoms with Gasteiger partial charge in [-0.1, -0.05) is 19.1 Å². The van der Waals surface area contributed by atoms with Crippen LogP contribution in [0.2, 0.25) is 0 Å². The van der Waals surface area contributed by atoms with E-state index in [0.717, 1.165) is 12.8 Å². The van der Waals surface area contributed by atoms with Gasteiger partial charge in [0.1, 0.15) is 0 Å². The summed E-state index contributed by atoms with van der Waals surface area (Å²) < 4.78 is 0. The lowest BCUT2D eigenvalue weighted by Crippen LogP contribution is -2.34. The second kappa shape index (κ2) is 3.21. The molecular weight excluding hydrogens is 148 g/mol. The topological polar surface area (TPSA) is 20.2 Å². The van der Waals surface area contributed by atoms with Gasteiger partial charge in [-0.25, -0.2) is 0 Å². The van der Waals surface area contributed by atoms with E-state index >= 15 is 0 Å². The summed E-state index contributed by atoms with van der Waals surface area (Å²) in [5, 5.41) is 9.81. The Morgan fingerprint density at radius 2 is 2.00 bits per heavy atom. The van der Waals surface area contributed by atoms with Crippen LogP contribution in [0.5, 0.6) is 0 Å². The molecule has 0 amide bonds. The summed E-state index contributed by atoms with van der Waals surface area (Å²) in [7, 11) is 0. The zero-order chi connectivity index (χ0) is 9.35. The van der Waals surface area contributed by atoms with E-state index in [0.29, 0.717) is 11.8 Å². The number of rotatable bonds is 1. The molecule has 0 aromatic rings. The molecule has 0 heterocycles. The van der Waals surface area contributed by atoms with Crippen LogP contribution in [0.1, 0.15) is 40.0 Å². The Morgan fingerprint density at radius 1 is 1.42 bits per heavy atom. The average Bonchev–Trinajstić information content (AvgIpc) is 1.92. The summed E-state index contributed by atoms with van der Waals surface area (Å²) in [6.45, 7) is 10.1. The Hall–Kier alpha value is -0.300. The first-order valence-corrected chi connectivity index (χ1v) is 4.81. The van der Waals surface area contributed by atoms with Gasteiger partial charge in [-0.05, 0) is 44.9 Å². The largest absolute Gasteiger partial charge is 0.390 e. The predicted octanol–water partition coefficient (Wildman–Crippen LogP) is 2.75. The molecule has 2 atom stereocenters. The quantitative estimate of drug-likeness (QED) is 0.597. The van der Waals surface area contributed by atoms with Gasteiger partial charge in [-0.15, -0.1) is 0 Å². The van der Waals surface area contributed by atoms with Crippen LogP contribution in [0.4, 0.5) is 0 Å². The fourth-order valence-electron chi connectivity index (χ4n) is 1.88. The monoisotopic (exact) mass is 168 g/mol. The first kappa shape index (κ1) is 9.79. The predicted molar refractivity (Wildman–Crippen MR) is 51.9 cm³/mol. The van der Waals surface area contributed by atoms with E-state index in [-0.39, 0.29) is 0 Å². The van der Waals surface area contributed by atoms with Crippen molar-refractivity contribution < 1.29 is 5.11 Å². The first-order chi connectivity index (χ1) is 5.41. The molecule has 0 radical (unpaired) electrons. The summed E-state index contributed by atoms with van der Waals surface area (Å²) in [5.41, 5.74) is 0.789. The van der Waals surface area contributed by atoms with E-state index < -0.39 is 5.60 Å². The third-order valence-electron chi connectivity index (χ3n) is 3.15. The van der Waals surface area contributed by atoms with E-state index in [1.54, 1.807) is 0 Å². The Bertz CT molecular complexity index is 176. The minimum atomic E-state index is -0.525. The maximum atomic E-state index is 9.81. The van der Waals surface area contributed by atoms with Gasteiger partial charge < -0.3 is 5.11 Å². The van der Waals surface area contributed by atoms with Crippen LogP contribution < -0.4 is 0 Å². The van der Waals surface area contributed by atoms with Crippen molar-refractivity contribution in [3.8, 4) is 0 Å². The highest BCUT2D eigenvalue weighted by Crippen LogP contribution is 2.37. The lowest BCUT2D eigenvalue weighted by Gasteiger charge is -2.36. The van der Waals surface area contributed by atoms with E-state index in [1.165, 1.54) is 12.0 Å². The summed E-state index contributed by atoms with van der Waals surface area (Å²) in [6, 6.07) is 0. The zero-order valence-corrected chi connectivity index (χ0v) is 8.43. The van der Waals surface area contributed by atoms with Crippen LogP contribution in [-0.4, -0.2) is 10.7 Å². The van der Waals surface area contributed by atoms with Crippen molar-refractivity contribution in [2.75, 3.05) is 0 Å². The number of hydrogen-bond donors (Lipinski definition) is 1. The van der Waals surface area contributed by atoms with E-state index in [1.807, 2.05) is 13.8 Å². The third kappa shape index (κ3) is 2.10. The molecule has 0 aromatic carbocycles. The molecule has 12 heavy (non-hydrogen) atoms. The normalized spacial score (nSPS) is 32.2. The van der Waals surface area contributed by atoms with Crippen LogP contribution in [-0.2, 0) is 0 Å².